The number of benzene rings is 2. The Morgan fingerprint density at radius 1 is 0.762 bits per heavy atom. The van der Waals surface area contributed by atoms with Gasteiger partial charge in [0.25, 0.3) is 0 Å². The van der Waals surface area contributed by atoms with Crippen LogP contribution >= 0.6 is 0 Å². The zero-order valence-electron chi connectivity index (χ0n) is 12.9. The van der Waals surface area contributed by atoms with Gasteiger partial charge in [-0.05, 0) is 24.3 Å². The number of hydrogen-bond donors (Lipinski definition) is 1. The molecule has 0 saturated carbocycles. The summed E-state index contributed by atoms with van der Waals surface area (Å²) in [6.45, 7) is 8.00. The highest BCUT2D eigenvalue weighted by Gasteiger charge is 2.02. The number of aromatic amines is 1. The van der Waals surface area contributed by atoms with Crippen LogP contribution in [0.1, 0.15) is 27.7 Å². The van der Waals surface area contributed by atoms with Crippen molar-refractivity contribution >= 4 is 22.4 Å². The first-order chi connectivity index (χ1) is 10.4. The van der Waals surface area contributed by atoms with Crippen LogP contribution in [0, 0.1) is 0 Å². The molecule has 0 saturated heterocycles. The molecule has 3 aromatic rings. The summed E-state index contributed by atoms with van der Waals surface area (Å²) in [6, 6.07) is 15.2. The molecule has 110 valence electrons. The third-order valence-corrected chi connectivity index (χ3v) is 2.36. The molecule has 5 nitrogen and oxygen atoms in total. The van der Waals surface area contributed by atoms with Crippen molar-refractivity contribution in [2.75, 3.05) is 0 Å². The van der Waals surface area contributed by atoms with Gasteiger partial charge in [0.1, 0.15) is 16.7 Å². The highest BCUT2D eigenvalue weighted by Crippen LogP contribution is 2.24. The molecule has 1 N–H and O–H groups in total. The lowest BCUT2D eigenvalue weighted by molar-refractivity contribution is 0.959. The molecule has 0 amide bonds. The molecule has 1 aromatic heterocycles. The Kier molecular flexibility index (Phi) is 7.35. The van der Waals surface area contributed by atoms with Crippen molar-refractivity contribution in [3.8, 4) is 0 Å². The number of rotatable bonds is 2. The molecule has 1 heterocycles. The molecule has 3 rings (SSSR count). The van der Waals surface area contributed by atoms with Gasteiger partial charge in [-0.2, -0.15) is 20.5 Å². The third-order valence-electron chi connectivity index (χ3n) is 2.36. The van der Waals surface area contributed by atoms with Crippen molar-refractivity contribution in [2.24, 2.45) is 10.2 Å². The molecule has 0 spiro atoms. The fourth-order valence-corrected chi connectivity index (χ4v) is 1.54. The molecule has 0 unspecified atom stereocenters. The Labute approximate surface area is 125 Å². The van der Waals surface area contributed by atoms with Gasteiger partial charge in [0.15, 0.2) is 0 Å². The first-order valence-electron chi connectivity index (χ1n) is 7.20. The Balaban J connectivity index is 0.000000510. The zero-order valence-corrected chi connectivity index (χ0v) is 12.9. The van der Waals surface area contributed by atoms with Gasteiger partial charge in [-0.15, -0.1) is 5.11 Å². The minimum absolute atomic E-state index is 0.708. The van der Waals surface area contributed by atoms with Gasteiger partial charge in [0.05, 0.1) is 5.69 Å². The summed E-state index contributed by atoms with van der Waals surface area (Å²) in [7, 11) is 0. The zero-order chi connectivity index (χ0) is 15.5. The molecule has 0 radical (unpaired) electrons. The van der Waals surface area contributed by atoms with E-state index in [1.807, 2.05) is 76.2 Å². The van der Waals surface area contributed by atoms with Crippen molar-refractivity contribution in [1.29, 1.82) is 0 Å². The van der Waals surface area contributed by atoms with Gasteiger partial charge in [-0.3, -0.25) is 0 Å². The number of para-hydroxylation sites is 1. The van der Waals surface area contributed by atoms with Gasteiger partial charge in [0.2, 0.25) is 0 Å². The van der Waals surface area contributed by atoms with E-state index in [1.165, 1.54) is 0 Å². The van der Waals surface area contributed by atoms with Gasteiger partial charge in [0, 0.05) is 0 Å². The third kappa shape index (κ3) is 4.49. The van der Waals surface area contributed by atoms with E-state index in [-0.39, 0.29) is 0 Å². The van der Waals surface area contributed by atoms with Gasteiger partial charge in [-0.1, -0.05) is 52.0 Å². The Morgan fingerprint density at radius 3 is 2.19 bits per heavy atom. The minimum Gasteiger partial charge on any atom is -0.197 e. The summed E-state index contributed by atoms with van der Waals surface area (Å²) in [4.78, 5) is 0. The average Bonchev–Trinajstić information content (AvgIpc) is 3.07. The number of nitrogens with one attached hydrogen (secondary N) is 1. The Bertz CT molecular complexity index is 658. The van der Waals surface area contributed by atoms with Crippen LogP contribution < -0.4 is 0 Å². The van der Waals surface area contributed by atoms with E-state index in [9.17, 15) is 0 Å². The highest BCUT2D eigenvalue weighted by molar-refractivity contribution is 5.85. The molecule has 0 aliphatic heterocycles. The molecule has 0 aliphatic carbocycles. The van der Waals surface area contributed by atoms with E-state index in [4.69, 9.17) is 0 Å². The molecular formula is C16H21N5. The van der Waals surface area contributed by atoms with Crippen molar-refractivity contribution in [3.63, 3.8) is 0 Å². The fourth-order valence-electron chi connectivity index (χ4n) is 1.54. The second-order valence-electron chi connectivity index (χ2n) is 3.50. The minimum atomic E-state index is 0.708. The summed E-state index contributed by atoms with van der Waals surface area (Å²) < 4.78 is 0. The molecule has 0 bridgehead atoms. The number of azo groups is 1. The fraction of sp³-hybridized carbons (Fsp3) is 0.250. The lowest BCUT2D eigenvalue weighted by atomic mass is 10.3. The van der Waals surface area contributed by atoms with Gasteiger partial charge >= 0.3 is 0 Å². The van der Waals surface area contributed by atoms with Crippen molar-refractivity contribution in [1.82, 2.24) is 15.4 Å². The largest absolute Gasteiger partial charge is 0.197 e. The Hall–Kier alpha value is -2.56. The quantitative estimate of drug-likeness (QED) is 0.637. The van der Waals surface area contributed by atoms with E-state index in [0.29, 0.717) is 5.69 Å². The predicted octanol–water partition coefficient (Wildman–Crippen LogP) is 5.43. The van der Waals surface area contributed by atoms with Crippen LogP contribution in [0.25, 0.3) is 11.0 Å². The van der Waals surface area contributed by atoms with Crippen LogP contribution in [0.4, 0.5) is 11.4 Å². The van der Waals surface area contributed by atoms with Crippen LogP contribution in [0.2, 0.25) is 0 Å². The van der Waals surface area contributed by atoms with Crippen molar-refractivity contribution < 1.29 is 0 Å². The molecule has 2 aromatic carbocycles. The van der Waals surface area contributed by atoms with Crippen LogP contribution in [0.15, 0.2) is 58.8 Å². The number of hydrogen-bond acceptors (Lipinski definition) is 4. The summed E-state index contributed by atoms with van der Waals surface area (Å²) in [5, 5.41) is 18.9. The van der Waals surface area contributed by atoms with Gasteiger partial charge in [-0.25, -0.2) is 0 Å². The SMILES string of the molecule is CC.CC.c1ccc(N=Nc2cccc3n[nH]nc23)cc1. The highest BCUT2D eigenvalue weighted by atomic mass is 15.3. The van der Waals surface area contributed by atoms with Gasteiger partial charge < -0.3 is 0 Å². The molecule has 5 heteroatoms. The van der Waals surface area contributed by atoms with E-state index < -0.39 is 0 Å². The smallest absolute Gasteiger partial charge is 0.140 e. The molecule has 0 fully saturated rings. The first-order valence-corrected chi connectivity index (χ1v) is 7.20. The molecule has 21 heavy (non-hydrogen) atoms. The van der Waals surface area contributed by atoms with E-state index >= 15 is 0 Å². The molecule has 0 aliphatic rings. The summed E-state index contributed by atoms with van der Waals surface area (Å²) >= 11 is 0. The summed E-state index contributed by atoms with van der Waals surface area (Å²) in [6.07, 6.45) is 0. The number of aromatic nitrogens is 3. The Morgan fingerprint density at radius 2 is 1.48 bits per heavy atom. The second-order valence-corrected chi connectivity index (χ2v) is 3.50. The number of fused-ring (bicyclic) bond motifs is 1. The van der Waals surface area contributed by atoms with Crippen LogP contribution in [-0.2, 0) is 0 Å². The maximum atomic E-state index is 4.18. The summed E-state index contributed by atoms with van der Waals surface area (Å²) in [5.74, 6) is 0. The number of nitrogens with zero attached hydrogens (tertiary/aromatic N) is 4. The van der Waals surface area contributed by atoms with Crippen molar-refractivity contribution in [2.45, 2.75) is 27.7 Å². The first kappa shape index (κ1) is 16.5. The second kappa shape index (κ2) is 9.36. The predicted molar refractivity (Wildman–Crippen MR) is 87.2 cm³/mol. The van der Waals surface area contributed by atoms with Crippen LogP contribution in [0.3, 0.4) is 0 Å². The maximum Gasteiger partial charge on any atom is 0.140 e. The maximum absolute atomic E-state index is 4.18. The van der Waals surface area contributed by atoms with Crippen LogP contribution in [-0.4, -0.2) is 15.4 Å². The summed E-state index contributed by atoms with van der Waals surface area (Å²) in [5.41, 5.74) is 3.04. The molecule has 0 atom stereocenters. The average molecular weight is 283 g/mol. The standard InChI is InChI=1S/C12H9N5.2C2H6/c1-2-5-9(6-3-1)13-14-10-7-4-8-11-12(10)16-17-15-11;2*1-2/h1-8H,(H,15,16,17);2*1-2H3. The normalized spacial score (nSPS) is 9.71. The molecular weight excluding hydrogens is 262 g/mol. The van der Waals surface area contributed by atoms with E-state index in [1.54, 1.807) is 0 Å². The van der Waals surface area contributed by atoms with E-state index in [0.717, 1.165) is 16.7 Å². The lowest BCUT2D eigenvalue weighted by Crippen LogP contribution is -1.70. The topological polar surface area (TPSA) is 66.3 Å². The van der Waals surface area contributed by atoms with E-state index in [2.05, 4.69) is 25.6 Å². The monoisotopic (exact) mass is 283 g/mol. The number of H-pyrrole nitrogens is 1. The van der Waals surface area contributed by atoms with Crippen LogP contribution in [0.5, 0.6) is 0 Å². The van der Waals surface area contributed by atoms with Crippen molar-refractivity contribution in [3.05, 3.63) is 48.5 Å². The lowest BCUT2D eigenvalue weighted by Gasteiger charge is -1.93.